The summed E-state index contributed by atoms with van der Waals surface area (Å²) in [5.41, 5.74) is 10.8. The van der Waals surface area contributed by atoms with Gasteiger partial charge in [0.1, 0.15) is 0 Å². The molecule has 5 nitrogen and oxygen atoms in total. The van der Waals surface area contributed by atoms with Crippen molar-refractivity contribution in [3.8, 4) is 0 Å². The van der Waals surface area contributed by atoms with Crippen molar-refractivity contribution >= 4 is 41.5 Å². The summed E-state index contributed by atoms with van der Waals surface area (Å²) in [4.78, 5) is 16.6. The highest BCUT2D eigenvalue weighted by atomic mass is 127. The average Bonchev–Trinajstić information content (AvgIpc) is 2.59. The summed E-state index contributed by atoms with van der Waals surface area (Å²) in [5, 5.41) is 6.08. The fourth-order valence-corrected chi connectivity index (χ4v) is 2.63. The second-order valence-electron chi connectivity index (χ2n) is 6.69. The van der Waals surface area contributed by atoms with Crippen molar-refractivity contribution in [1.29, 1.82) is 0 Å². The molecule has 0 saturated heterocycles. The van der Waals surface area contributed by atoms with Crippen LogP contribution in [0.15, 0.2) is 47.5 Å². The fraction of sp³-hybridized carbons (Fsp3) is 0.333. The first-order chi connectivity index (χ1) is 12.4. The summed E-state index contributed by atoms with van der Waals surface area (Å²) in [5.74, 6) is 0.288. The smallest absolute Gasteiger partial charge is 0.251 e. The SMILES string of the molecule is CCC(C)NC(=O)c1cccc(CN=C(N)Nc2cc(C)cc(C)c2)c1.I. The second kappa shape index (κ2) is 10.9. The topological polar surface area (TPSA) is 79.5 Å². The van der Waals surface area contributed by atoms with Crippen molar-refractivity contribution in [2.24, 2.45) is 10.7 Å². The van der Waals surface area contributed by atoms with Gasteiger partial charge in [-0.3, -0.25) is 4.79 Å². The summed E-state index contributed by atoms with van der Waals surface area (Å²) in [6.07, 6.45) is 0.899. The van der Waals surface area contributed by atoms with Gasteiger partial charge in [-0.1, -0.05) is 25.1 Å². The molecule has 1 atom stereocenters. The third-order valence-electron chi connectivity index (χ3n) is 4.11. The van der Waals surface area contributed by atoms with Crippen molar-refractivity contribution in [2.45, 2.75) is 46.7 Å². The van der Waals surface area contributed by atoms with Crippen molar-refractivity contribution in [1.82, 2.24) is 5.32 Å². The number of halogens is 1. The number of nitrogens with one attached hydrogen (secondary N) is 2. The van der Waals surface area contributed by atoms with Crippen molar-refractivity contribution < 1.29 is 4.79 Å². The van der Waals surface area contributed by atoms with Gasteiger partial charge in [-0.15, -0.1) is 24.0 Å². The molecule has 2 aromatic rings. The standard InChI is InChI=1S/C21H28N4O.HI/c1-5-16(4)24-20(26)18-8-6-7-17(12-18)13-23-21(22)25-19-10-14(2)9-15(3)11-19;/h6-12,16H,5,13H2,1-4H3,(H,24,26)(H3,22,23,25);1H. The van der Waals surface area contributed by atoms with E-state index in [1.807, 2.05) is 64.1 Å². The first-order valence-electron chi connectivity index (χ1n) is 8.92. The molecule has 0 saturated carbocycles. The van der Waals surface area contributed by atoms with Crippen molar-refractivity contribution in [3.63, 3.8) is 0 Å². The number of anilines is 1. The second-order valence-corrected chi connectivity index (χ2v) is 6.69. The molecule has 0 fully saturated rings. The number of nitrogens with zero attached hydrogens (tertiary/aromatic N) is 1. The Balaban J connectivity index is 0.00000364. The Bertz CT molecular complexity index is 784. The van der Waals surface area contributed by atoms with E-state index < -0.39 is 0 Å². The molecule has 2 rings (SSSR count). The van der Waals surface area contributed by atoms with Gasteiger partial charge in [0.25, 0.3) is 5.91 Å². The number of hydrogen-bond donors (Lipinski definition) is 3. The number of benzene rings is 2. The van der Waals surface area contributed by atoms with Crippen LogP contribution < -0.4 is 16.4 Å². The quantitative estimate of drug-likeness (QED) is 0.326. The van der Waals surface area contributed by atoms with Crippen LogP contribution in [0.3, 0.4) is 0 Å². The predicted octanol–water partition coefficient (Wildman–Crippen LogP) is 4.38. The summed E-state index contributed by atoms with van der Waals surface area (Å²) >= 11 is 0. The normalized spacial score (nSPS) is 12.1. The minimum absolute atomic E-state index is 0. The molecule has 0 bridgehead atoms. The first-order valence-corrected chi connectivity index (χ1v) is 8.92. The van der Waals surface area contributed by atoms with Gasteiger partial charge < -0.3 is 16.4 Å². The molecule has 0 spiro atoms. The van der Waals surface area contributed by atoms with Crippen LogP contribution in [0, 0.1) is 13.8 Å². The Kier molecular flexibility index (Phi) is 9.28. The van der Waals surface area contributed by atoms with Gasteiger partial charge in [-0.05, 0) is 68.1 Å². The molecule has 2 aromatic carbocycles. The predicted molar refractivity (Wildman–Crippen MR) is 124 cm³/mol. The molecular formula is C21H29IN4O. The number of amides is 1. The molecule has 0 radical (unpaired) electrons. The molecule has 1 amide bonds. The zero-order valence-electron chi connectivity index (χ0n) is 16.4. The molecule has 1 unspecified atom stereocenters. The summed E-state index contributed by atoms with van der Waals surface area (Å²) in [6, 6.07) is 13.8. The third kappa shape index (κ3) is 7.58. The van der Waals surface area contributed by atoms with Gasteiger partial charge in [0.05, 0.1) is 6.54 Å². The van der Waals surface area contributed by atoms with E-state index in [4.69, 9.17) is 5.73 Å². The third-order valence-corrected chi connectivity index (χ3v) is 4.11. The largest absolute Gasteiger partial charge is 0.370 e. The molecule has 0 aliphatic rings. The highest BCUT2D eigenvalue weighted by Gasteiger charge is 2.08. The van der Waals surface area contributed by atoms with Crippen LogP contribution in [-0.2, 0) is 6.54 Å². The van der Waals surface area contributed by atoms with Crippen LogP contribution >= 0.6 is 24.0 Å². The van der Waals surface area contributed by atoms with Crippen LogP contribution in [0.25, 0.3) is 0 Å². The van der Waals surface area contributed by atoms with Gasteiger partial charge in [0.15, 0.2) is 5.96 Å². The Morgan fingerprint density at radius 2 is 1.81 bits per heavy atom. The molecule has 27 heavy (non-hydrogen) atoms. The van der Waals surface area contributed by atoms with Crippen molar-refractivity contribution in [3.05, 3.63) is 64.7 Å². The molecule has 4 N–H and O–H groups in total. The highest BCUT2D eigenvalue weighted by molar-refractivity contribution is 14.0. The number of rotatable bonds is 6. The van der Waals surface area contributed by atoms with Crippen LogP contribution in [-0.4, -0.2) is 17.9 Å². The van der Waals surface area contributed by atoms with Crippen LogP contribution in [0.5, 0.6) is 0 Å². The van der Waals surface area contributed by atoms with Gasteiger partial charge in [-0.2, -0.15) is 0 Å². The van der Waals surface area contributed by atoms with E-state index in [9.17, 15) is 4.79 Å². The van der Waals surface area contributed by atoms with Crippen molar-refractivity contribution in [2.75, 3.05) is 5.32 Å². The summed E-state index contributed by atoms with van der Waals surface area (Å²) < 4.78 is 0. The van der Waals surface area contributed by atoms with Gasteiger partial charge in [0, 0.05) is 17.3 Å². The monoisotopic (exact) mass is 480 g/mol. The number of nitrogens with two attached hydrogens (primary N) is 1. The number of aryl methyl sites for hydroxylation is 2. The maximum Gasteiger partial charge on any atom is 0.251 e. The van der Waals surface area contributed by atoms with E-state index in [-0.39, 0.29) is 35.9 Å². The summed E-state index contributed by atoms with van der Waals surface area (Å²) in [7, 11) is 0. The van der Waals surface area contributed by atoms with E-state index in [1.165, 1.54) is 11.1 Å². The average molecular weight is 480 g/mol. The number of hydrogen-bond acceptors (Lipinski definition) is 2. The minimum Gasteiger partial charge on any atom is -0.370 e. The summed E-state index contributed by atoms with van der Waals surface area (Å²) in [6.45, 7) is 8.53. The van der Waals surface area contributed by atoms with E-state index >= 15 is 0 Å². The number of carbonyl (C=O) groups is 1. The molecular weight excluding hydrogens is 451 g/mol. The van der Waals surface area contributed by atoms with E-state index in [0.717, 1.165) is 17.7 Å². The number of guanidine groups is 1. The lowest BCUT2D eigenvalue weighted by Gasteiger charge is -2.12. The zero-order valence-corrected chi connectivity index (χ0v) is 18.7. The Labute approximate surface area is 178 Å². The van der Waals surface area contributed by atoms with Crippen LogP contribution in [0.2, 0.25) is 0 Å². The molecule has 0 aliphatic heterocycles. The maximum atomic E-state index is 12.2. The lowest BCUT2D eigenvalue weighted by Crippen LogP contribution is -2.31. The van der Waals surface area contributed by atoms with Gasteiger partial charge in [0.2, 0.25) is 0 Å². The van der Waals surface area contributed by atoms with E-state index in [1.54, 1.807) is 0 Å². The maximum absolute atomic E-state index is 12.2. The molecule has 6 heteroatoms. The van der Waals surface area contributed by atoms with E-state index in [2.05, 4.69) is 21.7 Å². The Morgan fingerprint density at radius 1 is 1.15 bits per heavy atom. The zero-order chi connectivity index (χ0) is 19.1. The Hall–Kier alpha value is -2.09. The van der Waals surface area contributed by atoms with Gasteiger partial charge in [-0.25, -0.2) is 4.99 Å². The lowest BCUT2D eigenvalue weighted by atomic mass is 10.1. The number of carbonyl (C=O) groups excluding carboxylic acids is 1. The molecule has 146 valence electrons. The number of aliphatic imine (C=N–C) groups is 1. The Morgan fingerprint density at radius 3 is 2.44 bits per heavy atom. The van der Waals surface area contributed by atoms with Crippen LogP contribution in [0.1, 0.15) is 47.3 Å². The fourth-order valence-electron chi connectivity index (χ4n) is 2.63. The van der Waals surface area contributed by atoms with E-state index in [0.29, 0.717) is 18.1 Å². The molecule has 0 aromatic heterocycles. The van der Waals surface area contributed by atoms with Crippen LogP contribution in [0.4, 0.5) is 5.69 Å². The lowest BCUT2D eigenvalue weighted by molar-refractivity contribution is 0.0939. The minimum atomic E-state index is -0.0634. The van der Waals surface area contributed by atoms with Gasteiger partial charge >= 0.3 is 0 Å². The molecule has 0 aliphatic carbocycles. The first kappa shape index (κ1) is 23.0. The molecule has 0 heterocycles. The highest BCUT2D eigenvalue weighted by Crippen LogP contribution is 2.13.